The van der Waals surface area contributed by atoms with Gasteiger partial charge in [0.1, 0.15) is 18.1 Å². The lowest BCUT2D eigenvalue weighted by atomic mass is 9.99. The highest BCUT2D eigenvalue weighted by molar-refractivity contribution is 5.94. The molecule has 4 unspecified atom stereocenters. The summed E-state index contributed by atoms with van der Waals surface area (Å²) in [5.74, 6) is -2.53. The first-order valence-electron chi connectivity index (χ1n) is 8.72. The number of aliphatic hydroxyl groups is 1. The second-order valence-corrected chi connectivity index (χ2v) is 7.24. The van der Waals surface area contributed by atoms with Crippen LogP contribution in [-0.2, 0) is 19.2 Å². The van der Waals surface area contributed by atoms with E-state index in [2.05, 4.69) is 16.0 Å². The lowest BCUT2D eigenvalue weighted by Crippen LogP contribution is -2.59. The van der Waals surface area contributed by atoms with E-state index in [1.165, 1.54) is 13.8 Å². The lowest BCUT2D eigenvalue weighted by Gasteiger charge is -2.27. The van der Waals surface area contributed by atoms with Gasteiger partial charge in [0.05, 0.1) is 6.10 Å². The van der Waals surface area contributed by atoms with Crippen LogP contribution < -0.4 is 21.7 Å². The quantitative estimate of drug-likeness (QED) is 0.334. The van der Waals surface area contributed by atoms with Gasteiger partial charge in [-0.2, -0.15) is 0 Å². The summed E-state index contributed by atoms with van der Waals surface area (Å²) in [4.78, 5) is 47.7. The molecule has 0 aliphatic rings. The SMILES string of the molecule is CC(=O)NC(C(=O)NC(C(=O)NC(CC(C)C)C(N)=O)C(C)C)C(C)O. The number of hydrogen-bond acceptors (Lipinski definition) is 5. The van der Waals surface area contributed by atoms with Gasteiger partial charge in [-0.3, -0.25) is 19.2 Å². The third kappa shape index (κ3) is 8.28. The van der Waals surface area contributed by atoms with Gasteiger partial charge in [-0.15, -0.1) is 0 Å². The van der Waals surface area contributed by atoms with Gasteiger partial charge < -0.3 is 26.8 Å². The number of nitrogens with one attached hydrogen (secondary N) is 3. The van der Waals surface area contributed by atoms with Gasteiger partial charge in [0.15, 0.2) is 0 Å². The van der Waals surface area contributed by atoms with Crippen molar-refractivity contribution < 1.29 is 24.3 Å². The maximum absolute atomic E-state index is 12.5. The van der Waals surface area contributed by atoms with Crippen molar-refractivity contribution in [3.8, 4) is 0 Å². The van der Waals surface area contributed by atoms with Gasteiger partial charge in [0.25, 0.3) is 0 Å². The second kappa shape index (κ2) is 10.7. The average molecular weight is 372 g/mol. The number of aliphatic hydroxyl groups excluding tert-OH is 1. The molecule has 0 radical (unpaired) electrons. The van der Waals surface area contributed by atoms with E-state index in [9.17, 15) is 24.3 Å². The van der Waals surface area contributed by atoms with E-state index in [0.717, 1.165) is 0 Å². The minimum atomic E-state index is -1.19. The number of amides is 4. The molecule has 0 bridgehead atoms. The van der Waals surface area contributed by atoms with Crippen molar-refractivity contribution in [2.24, 2.45) is 17.6 Å². The fraction of sp³-hybridized carbons (Fsp3) is 0.765. The number of carbonyl (C=O) groups is 4. The van der Waals surface area contributed by atoms with Gasteiger partial charge in [0.2, 0.25) is 23.6 Å². The standard InChI is InChI=1S/C17H32N4O5/c1-8(2)7-12(15(18)24)20-16(25)13(9(3)4)21-17(26)14(10(5)22)19-11(6)23/h8-10,12-14,22H,7H2,1-6H3,(H2,18,24)(H,19,23)(H,20,25)(H,21,26). The second-order valence-electron chi connectivity index (χ2n) is 7.24. The topological polar surface area (TPSA) is 151 Å². The molecule has 4 amide bonds. The molecule has 0 heterocycles. The normalized spacial score (nSPS) is 15.7. The van der Waals surface area contributed by atoms with Gasteiger partial charge in [-0.25, -0.2) is 0 Å². The summed E-state index contributed by atoms with van der Waals surface area (Å²) in [6.07, 6.45) is -0.767. The highest BCUT2D eigenvalue weighted by Gasteiger charge is 2.32. The zero-order chi connectivity index (χ0) is 20.6. The predicted molar refractivity (Wildman–Crippen MR) is 96.6 cm³/mol. The third-order valence-electron chi connectivity index (χ3n) is 3.74. The van der Waals surface area contributed by atoms with E-state index < -0.39 is 47.9 Å². The molecule has 0 aromatic carbocycles. The first-order chi connectivity index (χ1) is 11.9. The fourth-order valence-electron chi connectivity index (χ4n) is 2.38. The molecular formula is C17H32N4O5. The van der Waals surface area contributed by atoms with Crippen LogP contribution in [0.4, 0.5) is 0 Å². The number of primary amides is 1. The van der Waals surface area contributed by atoms with Gasteiger partial charge in [-0.1, -0.05) is 27.7 Å². The predicted octanol–water partition coefficient (Wildman–Crippen LogP) is -0.971. The summed E-state index contributed by atoms with van der Waals surface area (Å²) in [5.41, 5.74) is 5.33. The molecule has 0 aliphatic heterocycles. The Morgan fingerprint density at radius 1 is 0.885 bits per heavy atom. The van der Waals surface area contributed by atoms with Crippen molar-refractivity contribution in [3.05, 3.63) is 0 Å². The maximum Gasteiger partial charge on any atom is 0.245 e. The Bertz CT molecular complexity index is 519. The van der Waals surface area contributed by atoms with Gasteiger partial charge in [0, 0.05) is 6.92 Å². The van der Waals surface area contributed by atoms with Gasteiger partial charge in [-0.05, 0) is 25.2 Å². The summed E-state index contributed by atoms with van der Waals surface area (Å²) in [7, 11) is 0. The van der Waals surface area contributed by atoms with Crippen LogP contribution in [0.25, 0.3) is 0 Å². The summed E-state index contributed by atoms with van der Waals surface area (Å²) in [6, 6.07) is -2.99. The third-order valence-corrected chi connectivity index (χ3v) is 3.74. The highest BCUT2D eigenvalue weighted by atomic mass is 16.3. The van der Waals surface area contributed by atoms with Crippen LogP contribution in [0, 0.1) is 11.8 Å². The van der Waals surface area contributed by atoms with Crippen LogP contribution in [0.5, 0.6) is 0 Å². The van der Waals surface area contributed by atoms with Crippen LogP contribution in [0.1, 0.15) is 48.0 Å². The Labute approximate surface area is 154 Å². The van der Waals surface area contributed by atoms with Crippen molar-refractivity contribution in [1.82, 2.24) is 16.0 Å². The molecule has 6 N–H and O–H groups in total. The van der Waals surface area contributed by atoms with Crippen molar-refractivity contribution in [2.45, 2.75) is 72.2 Å². The molecule has 0 aromatic heterocycles. The Morgan fingerprint density at radius 3 is 1.73 bits per heavy atom. The summed E-state index contributed by atoms with van der Waals surface area (Å²) < 4.78 is 0. The van der Waals surface area contributed by atoms with E-state index in [1.54, 1.807) is 13.8 Å². The Morgan fingerprint density at radius 2 is 1.38 bits per heavy atom. The molecule has 150 valence electrons. The van der Waals surface area contributed by atoms with Crippen LogP contribution in [0.15, 0.2) is 0 Å². The molecule has 0 aromatic rings. The van der Waals surface area contributed by atoms with E-state index in [1.807, 2.05) is 13.8 Å². The number of hydrogen-bond donors (Lipinski definition) is 5. The molecule has 0 spiro atoms. The summed E-state index contributed by atoms with van der Waals surface area (Å²) >= 11 is 0. The molecule has 0 aliphatic carbocycles. The van der Waals surface area contributed by atoms with Crippen LogP contribution in [0.2, 0.25) is 0 Å². The van der Waals surface area contributed by atoms with E-state index in [0.29, 0.717) is 6.42 Å². The first-order valence-corrected chi connectivity index (χ1v) is 8.72. The summed E-state index contributed by atoms with van der Waals surface area (Å²) in [6.45, 7) is 9.81. The molecule has 26 heavy (non-hydrogen) atoms. The first kappa shape index (κ1) is 23.8. The molecule has 0 saturated heterocycles. The van der Waals surface area contributed by atoms with Crippen molar-refractivity contribution >= 4 is 23.6 Å². The largest absolute Gasteiger partial charge is 0.391 e. The number of rotatable bonds is 10. The molecule has 9 nitrogen and oxygen atoms in total. The van der Waals surface area contributed by atoms with Crippen LogP contribution >= 0.6 is 0 Å². The minimum Gasteiger partial charge on any atom is -0.391 e. The van der Waals surface area contributed by atoms with Crippen molar-refractivity contribution in [3.63, 3.8) is 0 Å². The monoisotopic (exact) mass is 372 g/mol. The zero-order valence-electron chi connectivity index (χ0n) is 16.3. The Balaban J connectivity index is 5.21. The van der Waals surface area contributed by atoms with Gasteiger partial charge >= 0.3 is 0 Å². The average Bonchev–Trinajstić information content (AvgIpc) is 2.47. The highest BCUT2D eigenvalue weighted by Crippen LogP contribution is 2.08. The zero-order valence-corrected chi connectivity index (χ0v) is 16.3. The maximum atomic E-state index is 12.5. The van der Waals surface area contributed by atoms with Crippen molar-refractivity contribution in [1.29, 1.82) is 0 Å². The minimum absolute atomic E-state index is 0.138. The smallest absolute Gasteiger partial charge is 0.245 e. The fourth-order valence-corrected chi connectivity index (χ4v) is 2.38. The van der Waals surface area contributed by atoms with Crippen LogP contribution in [-0.4, -0.2) is 53.0 Å². The lowest BCUT2D eigenvalue weighted by molar-refractivity contribution is -0.135. The Hall–Kier alpha value is -2.16. The molecule has 9 heteroatoms. The number of carbonyl (C=O) groups excluding carboxylic acids is 4. The van der Waals surface area contributed by atoms with Crippen LogP contribution in [0.3, 0.4) is 0 Å². The van der Waals surface area contributed by atoms with E-state index in [-0.39, 0.29) is 11.8 Å². The molecule has 0 rings (SSSR count). The molecule has 0 saturated carbocycles. The molecule has 4 atom stereocenters. The Kier molecular flexibility index (Phi) is 9.85. The van der Waals surface area contributed by atoms with E-state index in [4.69, 9.17) is 5.73 Å². The van der Waals surface area contributed by atoms with Crippen molar-refractivity contribution in [2.75, 3.05) is 0 Å². The molecular weight excluding hydrogens is 340 g/mol. The number of nitrogens with two attached hydrogens (primary N) is 1. The van der Waals surface area contributed by atoms with E-state index >= 15 is 0 Å². The molecule has 0 fully saturated rings. The summed E-state index contributed by atoms with van der Waals surface area (Å²) in [5, 5.41) is 17.1.